The Morgan fingerprint density at radius 2 is 1.92 bits per heavy atom. The number of carbonyl (C=O) groups is 1. The van der Waals surface area contributed by atoms with Crippen molar-refractivity contribution < 1.29 is 9.53 Å². The van der Waals surface area contributed by atoms with Gasteiger partial charge < -0.3 is 15.8 Å². The quantitative estimate of drug-likeness (QED) is 0.830. The van der Waals surface area contributed by atoms with Gasteiger partial charge in [0.05, 0.1) is 12.6 Å². The van der Waals surface area contributed by atoms with Crippen molar-refractivity contribution >= 4 is 24.0 Å². The van der Waals surface area contributed by atoms with Crippen molar-refractivity contribution in [3.05, 3.63) is 59.7 Å². The van der Waals surface area contributed by atoms with Gasteiger partial charge >= 0.3 is 0 Å². The molecule has 0 aromatic heterocycles. The highest BCUT2D eigenvalue weighted by atomic mass is 35.5. The molecule has 2 aromatic rings. The maximum atomic E-state index is 12.3. The standard InChI is InChI=1S/C19H22N2O2.ClH/c20-16-8-3-1-6-14(16)11-12-19(22)21-17-9-5-13-23-18-10-4-2-7-15(17)18;/h1-4,6-8,10,17H,5,9,11-13,20H2,(H,21,22);1H. The van der Waals surface area contributed by atoms with Gasteiger partial charge in [0.2, 0.25) is 5.91 Å². The molecular formula is C19H23ClN2O2. The summed E-state index contributed by atoms with van der Waals surface area (Å²) in [4.78, 5) is 12.3. The Hall–Kier alpha value is -2.20. The van der Waals surface area contributed by atoms with E-state index in [1.165, 1.54) is 0 Å². The van der Waals surface area contributed by atoms with Crippen LogP contribution in [0.25, 0.3) is 0 Å². The van der Waals surface area contributed by atoms with Crippen molar-refractivity contribution in [2.75, 3.05) is 12.3 Å². The Morgan fingerprint density at radius 3 is 2.75 bits per heavy atom. The smallest absolute Gasteiger partial charge is 0.220 e. The molecule has 4 nitrogen and oxygen atoms in total. The molecule has 1 unspecified atom stereocenters. The second kappa shape index (κ2) is 8.60. The van der Waals surface area contributed by atoms with Gasteiger partial charge in [-0.1, -0.05) is 36.4 Å². The highest BCUT2D eigenvalue weighted by molar-refractivity contribution is 5.85. The lowest BCUT2D eigenvalue weighted by Gasteiger charge is -2.18. The van der Waals surface area contributed by atoms with Crippen molar-refractivity contribution in [1.82, 2.24) is 5.32 Å². The van der Waals surface area contributed by atoms with Gasteiger partial charge in [0, 0.05) is 17.7 Å². The fraction of sp³-hybridized carbons (Fsp3) is 0.316. The molecule has 1 aliphatic rings. The average Bonchev–Trinajstić information content (AvgIpc) is 2.77. The van der Waals surface area contributed by atoms with Crippen LogP contribution in [0, 0.1) is 0 Å². The third-order valence-electron chi connectivity index (χ3n) is 4.20. The summed E-state index contributed by atoms with van der Waals surface area (Å²) in [7, 11) is 0. The molecule has 3 rings (SSSR count). The number of amides is 1. The Kier molecular flexibility index (Phi) is 6.50. The number of nitrogens with two attached hydrogens (primary N) is 1. The number of hydrogen-bond acceptors (Lipinski definition) is 3. The summed E-state index contributed by atoms with van der Waals surface area (Å²) in [5.41, 5.74) is 8.76. The van der Waals surface area contributed by atoms with Crippen LogP contribution in [0.2, 0.25) is 0 Å². The normalized spacial score (nSPS) is 16.1. The zero-order valence-electron chi connectivity index (χ0n) is 13.5. The molecule has 1 atom stereocenters. The minimum atomic E-state index is 0. The van der Waals surface area contributed by atoms with Crippen LogP contribution in [-0.4, -0.2) is 12.5 Å². The molecule has 0 fully saturated rings. The fourth-order valence-electron chi connectivity index (χ4n) is 2.95. The lowest BCUT2D eigenvalue weighted by atomic mass is 10.0. The SMILES string of the molecule is Cl.Nc1ccccc1CCC(=O)NC1CCCOc2ccccc21. The number of aryl methyl sites for hydroxylation is 1. The molecule has 0 bridgehead atoms. The lowest BCUT2D eigenvalue weighted by Crippen LogP contribution is -2.28. The Labute approximate surface area is 148 Å². The van der Waals surface area contributed by atoms with Crippen LogP contribution in [-0.2, 0) is 11.2 Å². The van der Waals surface area contributed by atoms with Gasteiger partial charge in [-0.25, -0.2) is 0 Å². The Bertz CT molecular complexity index is 691. The maximum absolute atomic E-state index is 12.3. The van der Waals surface area contributed by atoms with Gasteiger partial charge in [0.25, 0.3) is 0 Å². The summed E-state index contributed by atoms with van der Waals surface area (Å²) in [6.45, 7) is 0.698. The molecule has 1 heterocycles. The molecule has 128 valence electrons. The van der Waals surface area contributed by atoms with Crippen LogP contribution in [0.1, 0.15) is 36.4 Å². The van der Waals surface area contributed by atoms with E-state index >= 15 is 0 Å². The number of para-hydroxylation sites is 2. The van der Waals surface area contributed by atoms with Crippen LogP contribution in [0.3, 0.4) is 0 Å². The number of halogens is 1. The van der Waals surface area contributed by atoms with Crippen molar-refractivity contribution in [2.45, 2.75) is 31.7 Å². The van der Waals surface area contributed by atoms with Crippen LogP contribution >= 0.6 is 12.4 Å². The molecule has 24 heavy (non-hydrogen) atoms. The summed E-state index contributed by atoms with van der Waals surface area (Å²) < 4.78 is 5.74. The van der Waals surface area contributed by atoms with Crippen LogP contribution in [0.4, 0.5) is 5.69 Å². The van der Waals surface area contributed by atoms with Gasteiger partial charge in [0.15, 0.2) is 0 Å². The first-order valence-electron chi connectivity index (χ1n) is 8.08. The van der Waals surface area contributed by atoms with E-state index in [1.807, 2.05) is 48.5 Å². The molecule has 0 spiro atoms. The van der Waals surface area contributed by atoms with Crippen LogP contribution < -0.4 is 15.8 Å². The number of fused-ring (bicyclic) bond motifs is 1. The van der Waals surface area contributed by atoms with E-state index in [-0.39, 0.29) is 24.4 Å². The monoisotopic (exact) mass is 346 g/mol. The predicted molar refractivity (Wildman–Crippen MR) is 98.5 cm³/mol. The summed E-state index contributed by atoms with van der Waals surface area (Å²) in [6, 6.07) is 15.6. The first-order valence-corrected chi connectivity index (χ1v) is 8.08. The largest absolute Gasteiger partial charge is 0.493 e. The molecule has 5 heteroatoms. The highest BCUT2D eigenvalue weighted by Gasteiger charge is 2.20. The number of benzene rings is 2. The molecule has 3 N–H and O–H groups in total. The summed E-state index contributed by atoms with van der Waals surface area (Å²) in [5.74, 6) is 0.928. The number of hydrogen-bond donors (Lipinski definition) is 2. The molecule has 1 amide bonds. The predicted octanol–water partition coefficient (Wildman–Crippen LogP) is 3.65. The average molecular weight is 347 g/mol. The summed E-state index contributed by atoms with van der Waals surface area (Å²) in [6.07, 6.45) is 2.93. The van der Waals surface area contributed by atoms with E-state index < -0.39 is 0 Å². The Balaban J connectivity index is 0.00000208. The second-order valence-corrected chi connectivity index (χ2v) is 5.85. The second-order valence-electron chi connectivity index (χ2n) is 5.85. The number of carbonyl (C=O) groups excluding carboxylic acids is 1. The third kappa shape index (κ3) is 4.42. The topological polar surface area (TPSA) is 64.4 Å². The van der Waals surface area contributed by atoms with Crippen LogP contribution in [0.15, 0.2) is 48.5 Å². The first kappa shape index (κ1) is 18.1. The van der Waals surface area contributed by atoms with Gasteiger partial charge in [-0.05, 0) is 37.0 Å². The first-order chi connectivity index (χ1) is 11.2. The van der Waals surface area contributed by atoms with E-state index in [0.717, 1.165) is 35.4 Å². The third-order valence-corrected chi connectivity index (χ3v) is 4.20. The number of nitrogen functional groups attached to an aromatic ring is 1. The van der Waals surface area contributed by atoms with E-state index in [0.29, 0.717) is 19.4 Å². The zero-order valence-corrected chi connectivity index (χ0v) is 14.4. The van der Waals surface area contributed by atoms with E-state index in [2.05, 4.69) is 5.32 Å². The molecule has 1 aliphatic heterocycles. The van der Waals surface area contributed by atoms with Crippen molar-refractivity contribution in [2.24, 2.45) is 0 Å². The van der Waals surface area contributed by atoms with Gasteiger partial charge in [0.1, 0.15) is 5.75 Å². The van der Waals surface area contributed by atoms with Crippen LogP contribution in [0.5, 0.6) is 5.75 Å². The van der Waals surface area contributed by atoms with Gasteiger partial charge in [-0.2, -0.15) is 0 Å². The molecule has 0 saturated carbocycles. The molecular weight excluding hydrogens is 324 g/mol. The summed E-state index contributed by atoms with van der Waals surface area (Å²) in [5, 5.41) is 3.15. The van der Waals surface area contributed by atoms with E-state index in [4.69, 9.17) is 10.5 Å². The number of rotatable bonds is 4. The minimum Gasteiger partial charge on any atom is -0.493 e. The van der Waals surface area contributed by atoms with Crippen molar-refractivity contribution in [1.29, 1.82) is 0 Å². The zero-order chi connectivity index (χ0) is 16.1. The number of nitrogens with one attached hydrogen (secondary N) is 1. The van der Waals surface area contributed by atoms with Gasteiger partial charge in [-0.15, -0.1) is 12.4 Å². The van der Waals surface area contributed by atoms with Gasteiger partial charge in [-0.3, -0.25) is 4.79 Å². The molecule has 2 aromatic carbocycles. The molecule has 0 radical (unpaired) electrons. The van der Waals surface area contributed by atoms with E-state index in [1.54, 1.807) is 0 Å². The molecule has 0 saturated heterocycles. The lowest BCUT2D eigenvalue weighted by molar-refractivity contribution is -0.121. The number of anilines is 1. The van der Waals surface area contributed by atoms with Crippen molar-refractivity contribution in [3.63, 3.8) is 0 Å². The maximum Gasteiger partial charge on any atom is 0.220 e. The fourth-order valence-corrected chi connectivity index (χ4v) is 2.95. The molecule has 0 aliphatic carbocycles. The Morgan fingerprint density at radius 1 is 1.17 bits per heavy atom. The highest BCUT2D eigenvalue weighted by Crippen LogP contribution is 2.31. The van der Waals surface area contributed by atoms with E-state index in [9.17, 15) is 4.79 Å². The van der Waals surface area contributed by atoms with Crippen molar-refractivity contribution in [3.8, 4) is 5.75 Å². The number of ether oxygens (including phenoxy) is 1. The summed E-state index contributed by atoms with van der Waals surface area (Å²) >= 11 is 0. The minimum absolute atomic E-state index is 0.